The van der Waals surface area contributed by atoms with Gasteiger partial charge < -0.3 is 18.4 Å². The quantitative estimate of drug-likeness (QED) is 0.360. The number of hydrogen-bond donors (Lipinski definition) is 0. The second-order valence-electron chi connectivity index (χ2n) is 6.75. The van der Waals surface area contributed by atoms with E-state index >= 15 is 0 Å². The Morgan fingerprint density at radius 3 is 1.79 bits per heavy atom. The molecule has 0 aliphatic carbocycles. The van der Waals surface area contributed by atoms with Crippen molar-refractivity contribution in [3.8, 4) is 0 Å². The highest BCUT2D eigenvalue weighted by molar-refractivity contribution is 7.45. The molecule has 0 fully saturated rings. The maximum atomic E-state index is 11.0. The van der Waals surface area contributed by atoms with Gasteiger partial charge in [-0.05, 0) is 12.8 Å². The summed E-state index contributed by atoms with van der Waals surface area (Å²) >= 11 is 0. The number of unbranched alkanes of at least 4 members (excludes halogenated alkanes) is 2. The van der Waals surface area contributed by atoms with Crippen LogP contribution in [0.15, 0.2) is 30.3 Å². The van der Waals surface area contributed by atoms with Gasteiger partial charge in [-0.1, -0.05) is 57.0 Å². The first-order valence-corrected chi connectivity index (χ1v) is 10.1. The highest BCUT2D eigenvalue weighted by Gasteiger charge is 2.07. The van der Waals surface area contributed by atoms with E-state index in [0.717, 1.165) is 36.7 Å². The average molecular weight is 359 g/mol. The molecule has 140 valence electrons. The summed E-state index contributed by atoms with van der Waals surface area (Å²) in [4.78, 5) is 11.0. The van der Waals surface area contributed by atoms with E-state index in [1.807, 2.05) is 13.8 Å². The zero-order chi connectivity index (χ0) is 18.5. The zero-order valence-electron chi connectivity index (χ0n) is 15.9. The summed E-state index contributed by atoms with van der Waals surface area (Å²) in [5.41, 5.74) is 1.40. The summed E-state index contributed by atoms with van der Waals surface area (Å²) in [6, 6.07) is 10.6. The van der Waals surface area contributed by atoms with Crippen molar-refractivity contribution in [2.45, 2.75) is 46.1 Å². The summed E-state index contributed by atoms with van der Waals surface area (Å²) in [5, 5.41) is 0. The van der Waals surface area contributed by atoms with Crippen molar-refractivity contribution < 1.29 is 23.0 Å². The van der Waals surface area contributed by atoms with E-state index in [2.05, 4.69) is 60.5 Å². The lowest BCUT2D eigenvalue weighted by Crippen LogP contribution is -2.33. The molecule has 6 heteroatoms. The Balaban J connectivity index is 0.000000446. The molecule has 1 rings (SSSR count). The number of phosphoric ester groups is 1. The highest BCUT2D eigenvalue weighted by Crippen LogP contribution is 2.38. The molecule has 0 heterocycles. The van der Waals surface area contributed by atoms with Crippen LogP contribution in [0.1, 0.15) is 45.1 Å². The van der Waals surface area contributed by atoms with Crippen molar-refractivity contribution in [3.05, 3.63) is 35.9 Å². The molecule has 0 spiro atoms. The average Bonchev–Trinajstić information content (AvgIpc) is 2.47. The van der Waals surface area contributed by atoms with Crippen LogP contribution < -0.4 is 4.89 Å². The van der Waals surface area contributed by atoms with Gasteiger partial charge in [-0.25, -0.2) is 0 Å². The van der Waals surface area contributed by atoms with Crippen LogP contribution in [-0.2, 0) is 20.2 Å². The fourth-order valence-corrected chi connectivity index (χ4v) is 2.59. The van der Waals surface area contributed by atoms with E-state index < -0.39 is 7.82 Å². The van der Waals surface area contributed by atoms with E-state index in [1.54, 1.807) is 0 Å². The van der Waals surface area contributed by atoms with E-state index in [4.69, 9.17) is 0 Å². The van der Waals surface area contributed by atoms with Crippen molar-refractivity contribution in [3.63, 3.8) is 0 Å². The van der Waals surface area contributed by atoms with Gasteiger partial charge in [-0.2, -0.15) is 0 Å². The standard InChI is InChI=1S/C10H16N.C8H19O4P/c1-11(2,3)9-10-7-5-4-6-8-10;1-3-5-7-11-13(9,10)12-8-6-4-2/h4-8H,9H2,1-3H3;3-8H2,1-2H3,(H,9,10)/q+1;/p-1. The summed E-state index contributed by atoms with van der Waals surface area (Å²) in [6.45, 7) is 5.49. The summed E-state index contributed by atoms with van der Waals surface area (Å²) in [6.07, 6.45) is 3.30. The van der Waals surface area contributed by atoms with Crippen molar-refractivity contribution in [1.29, 1.82) is 0 Å². The van der Waals surface area contributed by atoms with Crippen LogP contribution in [0.2, 0.25) is 0 Å². The van der Waals surface area contributed by atoms with Gasteiger partial charge in [0.2, 0.25) is 0 Å². The molecular weight excluding hydrogens is 325 g/mol. The van der Waals surface area contributed by atoms with E-state index in [1.165, 1.54) is 5.56 Å². The van der Waals surface area contributed by atoms with E-state index in [9.17, 15) is 9.46 Å². The summed E-state index contributed by atoms with van der Waals surface area (Å²) in [5.74, 6) is 0. The number of phosphoric acid groups is 1. The lowest BCUT2D eigenvalue weighted by Gasteiger charge is -2.23. The Bertz CT molecular complexity index is 446. The van der Waals surface area contributed by atoms with Crippen LogP contribution in [0, 0.1) is 0 Å². The summed E-state index contributed by atoms with van der Waals surface area (Å²) < 4.78 is 21.1. The third-order valence-corrected chi connectivity index (χ3v) is 3.99. The summed E-state index contributed by atoms with van der Waals surface area (Å²) in [7, 11) is 2.60. The molecule has 0 amide bonds. The van der Waals surface area contributed by atoms with Gasteiger partial charge in [0.25, 0.3) is 7.82 Å². The predicted octanol–water partition coefficient (Wildman–Crippen LogP) is 3.98. The van der Waals surface area contributed by atoms with Gasteiger partial charge >= 0.3 is 0 Å². The van der Waals surface area contributed by atoms with Crippen LogP contribution in [-0.4, -0.2) is 38.8 Å². The van der Waals surface area contributed by atoms with Gasteiger partial charge in [0.05, 0.1) is 34.4 Å². The second-order valence-corrected chi connectivity index (χ2v) is 8.17. The molecule has 0 radical (unpaired) electrons. The monoisotopic (exact) mass is 359 g/mol. The first kappa shape index (κ1) is 23.3. The van der Waals surface area contributed by atoms with Crippen molar-refractivity contribution in [1.82, 2.24) is 0 Å². The first-order chi connectivity index (χ1) is 11.2. The Kier molecular flexibility index (Phi) is 12.3. The third-order valence-electron chi connectivity index (χ3n) is 2.99. The minimum Gasteiger partial charge on any atom is -0.756 e. The van der Waals surface area contributed by atoms with E-state index in [-0.39, 0.29) is 13.2 Å². The molecule has 0 atom stereocenters. The Morgan fingerprint density at radius 1 is 0.958 bits per heavy atom. The molecule has 0 bridgehead atoms. The molecule has 1 aromatic rings. The first-order valence-electron chi connectivity index (χ1n) is 8.64. The van der Waals surface area contributed by atoms with Gasteiger partial charge in [0.15, 0.2) is 0 Å². The SMILES string of the molecule is CCCCOP(=O)([O-])OCCCC.C[N+](C)(C)Cc1ccccc1. The minimum absolute atomic E-state index is 0.226. The Hall–Kier alpha value is -0.710. The normalized spacial score (nSPS) is 11.8. The van der Waals surface area contributed by atoms with Crippen molar-refractivity contribution in [2.75, 3.05) is 34.4 Å². The molecule has 24 heavy (non-hydrogen) atoms. The molecular formula is C18H34NO4P. The van der Waals surface area contributed by atoms with Gasteiger partial charge in [-0.3, -0.25) is 4.57 Å². The topological polar surface area (TPSA) is 58.6 Å². The second kappa shape index (κ2) is 12.6. The number of nitrogens with zero attached hydrogens (tertiary/aromatic N) is 1. The molecule has 1 aromatic carbocycles. The molecule has 0 unspecified atom stereocenters. The molecule has 0 saturated heterocycles. The van der Waals surface area contributed by atoms with Crippen molar-refractivity contribution >= 4 is 7.82 Å². The van der Waals surface area contributed by atoms with Crippen LogP contribution in [0.3, 0.4) is 0 Å². The Labute approximate surface area is 147 Å². The lowest BCUT2D eigenvalue weighted by atomic mass is 10.2. The van der Waals surface area contributed by atoms with Crippen LogP contribution in [0.25, 0.3) is 0 Å². The fourth-order valence-electron chi connectivity index (χ4n) is 1.81. The lowest BCUT2D eigenvalue weighted by molar-refractivity contribution is -0.884. The molecule has 5 nitrogen and oxygen atoms in total. The number of rotatable bonds is 10. The van der Waals surface area contributed by atoms with Crippen LogP contribution in [0.5, 0.6) is 0 Å². The zero-order valence-corrected chi connectivity index (χ0v) is 16.8. The third kappa shape index (κ3) is 14.9. The van der Waals surface area contributed by atoms with Gasteiger partial charge in [0, 0.05) is 5.56 Å². The number of hydrogen-bond acceptors (Lipinski definition) is 4. The maximum absolute atomic E-state index is 11.0. The highest BCUT2D eigenvalue weighted by atomic mass is 31.2. The predicted molar refractivity (Wildman–Crippen MR) is 97.5 cm³/mol. The molecule has 0 saturated carbocycles. The minimum atomic E-state index is -4.00. The molecule has 0 aliphatic heterocycles. The molecule has 0 N–H and O–H groups in total. The van der Waals surface area contributed by atoms with Gasteiger partial charge in [-0.15, -0.1) is 0 Å². The largest absolute Gasteiger partial charge is 0.756 e. The molecule has 0 aliphatic rings. The van der Waals surface area contributed by atoms with Gasteiger partial charge in [0.1, 0.15) is 6.54 Å². The molecule has 0 aromatic heterocycles. The van der Waals surface area contributed by atoms with Crippen LogP contribution >= 0.6 is 7.82 Å². The number of benzene rings is 1. The maximum Gasteiger partial charge on any atom is 0.267 e. The Morgan fingerprint density at radius 2 is 1.42 bits per heavy atom. The van der Waals surface area contributed by atoms with Crippen LogP contribution in [0.4, 0.5) is 0 Å². The van der Waals surface area contributed by atoms with Crippen molar-refractivity contribution in [2.24, 2.45) is 0 Å². The number of quaternary nitrogens is 1. The smallest absolute Gasteiger partial charge is 0.267 e. The fraction of sp³-hybridized carbons (Fsp3) is 0.667. The van der Waals surface area contributed by atoms with E-state index in [0.29, 0.717) is 0 Å².